The summed E-state index contributed by atoms with van der Waals surface area (Å²) >= 11 is 0. The summed E-state index contributed by atoms with van der Waals surface area (Å²) in [6.45, 7) is 6.06. The molecule has 1 aliphatic carbocycles. The smallest absolute Gasteiger partial charge is 0.255 e. The number of rotatable bonds is 5. The number of fused-ring (bicyclic) bond motifs is 1. The van der Waals surface area contributed by atoms with Gasteiger partial charge in [-0.15, -0.1) is 0 Å². The van der Waals surface area contributed by atoms with Gasteiger partial charge in [0.05, 0.1) is 17.5 Å². The van der Waals surface area contributed by atoms with E-state index in [1.807, 2.05) is 45.0 Å². The third kappa shape index (κ3) is 4.42. The molecule has 1 fully saturated rings. The largest absolute Gasteiger partial charge is 0.457 e. The van der Waals surface area contributed by atoms with Gasteiger partial charge in [0.25, 0.3) is 5.91 Å². The highest BCUT2D eigenvalue weighted by molar-refractivity contribution is 6.22. The van der Waals surface area contributed by atoms with Crippen molar-refractivity contribution in [1.29, 1.82) is 0 Å². The highest BCUT2D eigenvalue weighted by atomic mass is 16.5. The van der Waals surface area contributed by atoms with Gasteiger partial charge in [-0.05, 0) is 99.3 Å². The molecule has 182 valence electrons. The molecule has 3 aromatic rings. The Balaban J connectivity index is 1.24. The van der Waals surface area contributed by atoms with Crippen molar-refractivity contribution in [2.24, 2.45) is 11.8 Å². The van der Waals surface area contributed by atoms with Crippen molar-refractivity contribution < 1.29 is 19.1 Å². The quantitative estimate of drug-likeness (QED) is 0.349. The number of anilines is 2. The lowest BCUT2D eigenvalue weighted by Gasteiger charge is -2.18. The number of carbonyl (C=O) groups is 3. The molecule has 0 unspecified atom stereocenters. The highest BCUT2D eigenvalue weighted by Crippen LogP contribution is 2.39. The number of ether oxygens (including phenoxy) is 1. The third-order valence-corrected chi connectivity index (χ3v) is 7.11. The highest BCUT2D eigenvalue weighted by Gasteiger charge is 2.48. The van der Waals surface area contributed by atoms with Gasteiger partial charge in [0.2, 0.25) is 11.8 Å². The Morgan fingerprint density at radius 2 is 1.58 bits per heavy atom. The van der Waals surface area contributed by atoms with Crippen molar-refractivity contribution in [3.8, 4) is 11.5 Å². The minimum absolute atomic E-state index is 0.155. The minimum Gasteiger partial charge on any atom is -0.457 e. The fourth-order valence-electron chi connectivity index (χ4n) is 4.83. The van der Waals surface area contributed by atoms with E-state index in [0.29, 0.717) is 35.5 Å². The zero-order chi connectivity index (χ0) is 25.4. The van der Waals surface area contributed by atoms with Gasteiger partial charge >= 0.3 is 0 Å². The normalized spacial score (nSPS) is 19.1. The molecule has 1 saturated heterocycles. The summed E-state index contributed by atoms with van der Waals surface area (Å²) in [5.41, 5.74) is 4.96. The Labute approximate surface area is 210 Å². The van der Waals surface area contributed by atoms with Gasteiger partial charge in [-0.1, -0.05) is 23.8 Å². The first kappa shape index (κ1) is 23.5. The van der Waals surface area contributed by atoms with Gasteiger partial charge < -0.3 is 10.1 Å². The molecule has 3 amide bonds. The van der Waals surface area contributed by atoms with Gasteiger partial charge in [0.1, 0.15) is 11.5 Å². The van der Waals surface area contributed by atoms with Gasteiger partial charge in [0, 0.05) is 11.3 Å². The molecule has 3 aromatic carbocycles. The van der Waals surface area contributed by atoms with Crippen LogP contribution in [-0.4, -0.2) is 17.7 Å². The average molecular weight is 481 g/mol. The molecule has 2 aliphatic rings. The van der Waals surface area contributed by atoms with Crippen molar-refractivity contribution in [2.75, 3.05) is 10.2 Å². The van der Waals surface area contributed by atoms with Crippen LogP contribution in [0.5, 0.6) is 11.5 Å². The van der Waals surface area contributed by atoms with Crippen molar-refractivity contribution in [3.05, 3.63) is 95.1 Å². The summed E-state index contributed by atoms with van der Waals surface area (Å²) in [4.78, 5) is 39.9. The molecule has 6 nitrogen and oxygen atoms in total. The maximum Gasteiger partial charge on any atom is 0.255 e. The topological polar surface area (TPSA) is 75.7 Å². The molecule has 5 rings (SSSR count). The Bertz CT molecular complexity index is 1370. The maximum absolute atomic E-state index is 12.9. The lowest BCUT2D eigenvalue weighted by atomic mass is 9.82. The Kier molecular flexibility index (Phi) is 6.18. The summed E-state index contributed by atoms with van der Waals surface area (Å²) in [6.07, 6.45) is 3.28. The summed E-state index contributed by atoms with van der Waals surface area (Å²) in [7, 11) is 0. The van der Waals surface area contributed by atoms with Crippen LogP contribution in [0, 0.1) is 25.7 Å². The van der Waals surface area contributed by atoms with E-state index in [-0.39, 0.29) is 29.6 Å². The first-order valence-electron chi connectivity index (χ1n) is 12.1. The lowest BCUT2D eigenvalue weighted by Crippen LogP contribution is -2.30. The molecular formula is C30H28N2O4. The van der Waals surface area contributed by atoms with Crippen LogP contribution in [0.25, 0.3) is 0 Å². The number of nitrogens with zero attached hydrogens (tertiary/aromatic N) is 1. The fourth-order valence-corrected chi connectivity index (χ4v) is 4.83. The minimum atomic E-state index is -0.286. The molecular weight excluding hydrogens is 452 g/mol. The maximum atomic E-state index is 12.9. The van der Waals surface area contributed by atoms with E-state index in [0.717, 1.165) is 22.4 Å². The average Bonchev–Trinajstić information content (AvgIpc) is 3.12. The van der Waals surface area contributed by atoms with Crippen molar-refractivity contribution >= 4 is 29.1 Å². The van der Waals surface area contributed by atoms with Crippen molar-refractivity contribution in [2.45, 2.75) is 33.6 Å². The Hall–Kier alpha value is -4.19. The zero-order valence-corrected chi connectivity index (χ0v) is 20.6. The number of nitrogens with one attached hydrogen (secondary N) is 1. The van der Waals surface area contributed by atoms with Crippen LogP contribution in [-0.2, 0) is 9.59 Å². The number of benzene rings is 3. The number of imide groups is 1. The van der Waals surface area contributed by atoms with Gasteiger partial charge in [-0.25, -0.2) is 0 Å². The molecule has 2 atom stereocenters. The van der Waals surface area contributed by atoms with Crippen molar-refractivity contribution in [1.82, 2.24) is 0 Å². The van der Waals surface area contributed by atoms with Crippen LogP contribution in [0.2, 0.25) is 0 Å². The van der Waals surface area contributed by atoms with Crippen molar-refractivity contribution in [3.63, 3.8) is 0 Å². The summed E-state index contributed by atoms with van der Waals surface area (Å²) in [6, 6.07) is 19.7. The first-order valence-corrected chi connectivity index (χ1v) is 12.1. The number of allylic oxidation sites excluding steroid dienone is 2. The number of carbonyl (C=O) groups excluding carboxylic acids is 3. The van der Waals surface area contributed by atoms with E-state index in [1.54, 1.807) is 48.5 Å². The zero-order valence-electron chi connectivity index (χ0n) is 20.6. The molecule has 0 radical (unpaired) electrons. The van der Waals surface area contributed by atoms with Crippen LogP contribution >= 0.6 is 0 Å². The van der Waals surface area contributed by atoms with Crippen LogP contribution in [0.1, 0.15) is 41.3 Å². The van der Waals surface area contributed by atoms with E-state index < -0.39 is 0 Å². The van der Waals surface area contributed by atoms with E-state index in [4.69, 9.17) is 4.74 Å². The summed E-state index contributed by atoms with van der Waals surface area (Å²) in [5, 5.41) is 2.87. The van der Waals surface area contributed by atoms with E-state index in [9.17, 15) is 14.4 Å². The monoisotopic (exact) mass is 480 g/mol. The molecule has 0 bridgehead atoms. The van der Waals surface area contributed by atoms with Crippen LogP contribution in [0.3, 0.4) is 0 Å². The molecule has 0 aromatic heterocycles. The van der Waals surface area contributed by atoms with Crippen LogP contribution < -0.4 is 15.0 Å². The second kappa shape index (κ2) is 9.46. The Morgan fingerprint density at radius 3 is 2.31 bits per heavy atom. The Morgan fingerprint density at radius 1 is 0.889 bits per heavy atom. The number of hydrogen-bond donors (Lipinski definition) is 1. The standard InChI is InChI=1S/C30H28N2O4/c1-18-7-16-25-26(17-18)30(35)32(29(25)34)23-12-8-21(9-13-23)28(33)31-22-10-14-24(15-11-22)36-27-6-4-5-19(2)20(27)3/h4-15,25-26H,16-17H2,1-3H3,(H,31,33)/t25-,26+/m1/s1. The molecule has 1 aliphatic heterocycles. The molecule has 1 heterocycles. The molecule has 0 saturated carbocycles. The van der Waals surface area contributed by atoms with Gasteiger partial charge in [0.15, 0.2) is 0 Å². The SMILES string of the molecule is CC1=CC[C@H]2C(=O)N(c3ccc(C(=O)Nc4ccc(Oc5cccc(C)c5C)cc4)cc3)C(=O)[C@H]2C1. The van der Waals surface area contributed by atoms with Gasteiger partial charge in [-0.3, -0.25) is 19.3 Å². The van der Waals surface area contributed by atoms with E-state index in [1.165, 1.54) is 4.90 Å². The number of hydrogen-bond acceptors (Lipinski definition) is 4. The van der Waals surface area contributed by atoms with Crippen LogP contribution in [0.15, 0.2) is 78.4 Å². The molecule has 36 heavy (non-hydrogen) atoms. The predicted octanol–water partition coefficient (Wildman–Crippen LogP) is 6.19. The van der Waals surface area contributed by atoms with E-state index >= 15 is 0 Å². The number of amides is 3. The lowest BCUT2D eigenvalue weighted by molar-refractivity contribution is -0.122. The molecule has 0 spiro atoms. The predicted molar refractivity (Wildman–Crippen MR) is 139 cm³/mol. The number of aryl methyl sites for hydroxylation is 1. The summed E-state index contributed by atoms with van der Waals surface area (Å²) in [5.74, 6) is 0.312. The van der Waals surface area contributed by atoms with Crippen LogP contribution in [0.4, 0.5) is 11.4 Å². The molecule has 1 N–H and O–H groups in total. The second-order valence-electron chi connectivity index (χ2n) is 9.54. The second-order valence-corrected chi connectivity index (χ2v) is 9.54. The molecule has 6 heteroatoms. The summed E-state index contributed by atoms with van der Waals surface area (Å²) < 4.78 is 5.98. The van der Waals surface area contributed by atoms with E-state index in [2.05, 4.69) is 5.32 Å². The first-order chi connectivity index (χ1) is 17.3. The van der Waals surface area contributed by atoms with Gasteiger partial charge in [-0.2, -0.15) is 0 Å². The third-order valence-electron chi connectivity index (χ3n) is 7.11. The fraction of sp³-hybridized carbons (Fsp3) is 0.233.